The van der Waals surface area contributed by atoms with Crippen LogP contribution in [0.25, 0.3) is 11.3 Å². The van der Waals surface area contributed by atoms with Crippen LogP contribution >= 0.6 is 22.9 Å². The molecule has 1 aromatic heterocycles. The second kappa shape index (κ2) is 6.51. The molecule has 1 aliphatic carbocycles. The summed E-state index contributed by atoms with van der Waals surface area (Å²) < 4.78 is 0. The molecule has 3 aromatic rings. The molecule has 130 valence electrons. The Hall–Kier alpha value is -2.77. The zero-order chi connectivity index (χ0) is 18.3. The van der Waals surface area contributed by atoms with Gasteiger partial charge in [0.25, 0.3) is 11.6 Å². The molecule has 4 rings (SSSR count). The molecule has 1 N–H and O–H groups in total. The predicted octanol–water partition coefficient (Wildman–Crippen LogP) is 4.72. The third-order valence-corrected chi connectivity index (χ3v) is 5.57. The molecule has 0 saturated heterocycles. The summed E-state index contributed by atoms with van der Waals surface area (Å²) in [6.45, 7) is 0. The molecule has 0 aliphatic heterocycles. The predicted molar refractivity (Wildman–Crippen MR) is 101 cm³/mol. The molecule has 6 nitrogen and oxygen atoms in total. The van der Waals surface area contributed by atoms with E-state index in [9.17, 15) is 14.9 Å². The molecule has 0 bridgehead atoms. The summed E-state index contributed by atoms with van der Waals surface area (Å²) in [5.74, 6) is -0.454. The maximum atomic E-state index is 12.4. The molecule has 0 saturated carbocycles. The van der Waals surface area contributed by atoms with E-state index in [0.29, 0.717) is 5.13 Å². The Balaban J connectivity index is 1.62. The lowest BCUT2D eigenvalue weighted by Gasteiger charge is -2.13. The number of aromatic nitrogens is 1. The molecule has 0 radical (unpaired) electrons. The first-order valence-corrected chi connectivity index (χ1v) is 9.05. The summed E-state index contributed by atoms with van der Waals surface area (Å²) >= 11 is 7.22. The number of nitrogens with one attached hydrogen (secondary N) is 1. The molecule has 8 heteroatoms. The number of benzene rings is 2. The average molecular weight is 386 g/mol. The van der Waals surface area contributed by atoms with E-state index in [-0.39, 0.29) is 16.3 Å². The fraction of sp³-hybridized carbons (Fsp3) is 0.111. The highest BCUT2D eigenvalue weighted by Crippen LogP contribution is 2.38. The van der Waals surface area contributed by atoms with Crippen LogP contribution < -0.4 is 5.32 Å². The summed E-state index contributed by atoms with van der Waals surface area (Å²) in [5.41, 5.74) is 3.10. The van der Waals surface area contributed by atoms with Crippen LogP contribution in [0.2, 0.25) is 5.02 Å². The molecule has 0 fully saturated rings. The van der Waals surface area contributed by atoms with E-state index in [4.69, 9.17) is 11.6 Å². The number of amides is 1. The normalized spacial score (nSPS) is 12.2. The van der Waals surface area contributed by atoms with E-state index in [2.05, 4.69) is 16.4 Å². The summed E-state index contributed by atoms with van der Waals surface area (Å²) in [4.78, 5) is 28.5. The fourth-order valence-corrected chi connectivity index (χ4v) is 4.12. The number of nitrogens with zero attached hydrogens (tertiary/aromatic N) is 2. The van der Waals surface area contributed by atoms with Crippen molar-refractivity contribution >= 4 is 39.7 Å². The van der Waals surface area contributed by atoms with Crippen molar-refractivity contribution in [2.45, 2.75) is 12.8 Å². The smallest absolute Gasteiger partial charge is 0.288 e. The first-order chi connectivity index (χ1) is 12.5. The van der Waals surface area contributed by atoms with Gasteiger partial charge in [0.05, 0.1) is 10.6 Å². The topological polar surface area (TPSA) is 85.1 Å². The number of carbonyl (C=O) groups excluding carboxylic acids is 1. The van der Waals surface area contributed by atoms with Gasteiger partial charge in [0, 0.05) is 22.1 Å². The Kier molecular flexibility index (Phi) is 4.18. The summed E-state index contributed by atoms with van der Waals surface area (Å²) in [6.07, 6.45) is 1.83. The average Bonchev–Trinajstić information content (AvgIpc) is 3.04. The Bertz CT molecular complexity index is 1050. The molecule has 1 aliphatic rings. The molecule has 0 spiro atoms. The second-order valence-corrected chi connectivity index (χ2v) is 7.32. The van der Waals surface area contributed by atoms with Gasteiger partial charge in [0.1, 0.15) is 5.02 Å². The standard InChI is InChI=1S/C18H12ClN3O3S/c19-13-7-5-11(9-14(13)22(24)25)17(23)21-18-20-16-12-4-2-1-3-10(12)6-8-15(16)26-18/h1-5,7,9H,6,8H2,(H,20,21,23). The first-order valence-electron chi connectivity index (χ1n) is 7.86. The third kappa shape index (κ3) is 2.95. The van der Waals surface area contributed by atoms with E-state index in [1.165, 1.54) is 35.1 Å². The molecular formula is C18H12ClN3O3S. The quantitative estimate of drug-likeness (QED) is 0.522. The van der Waals surface area contributed by atoms with Gasteiger partial charge in [-0.3, -0.25) is 20.2 Å². The molecular weight excluding hydrogens is 374 g/mol. The molecule has 1 amide bonds. The van der Waals surface area contributed by atoms with Crippen LogP contribution in [0, 0.1) is 10.1 Å². The maximum absolute atomic E-state index is 12.4. The van der Waals surface area contributed by atoms with E-state index in [1.54, 1.807) is 0 Å². The number of thiazole rings is 1. The Labute approximate surface area is 157 Å². The van der Waals surface area contributed by atoms with E-state index in [0.717, 1.165) is 29.0 Å². The number of rotatable bonds is 3. The van der Waals surface area contributed by atoms with Gasteiger partial charge in [-0.25, -0.2) is 4.98 Å². The van der Waals surface area contributed by atoms with E-state index < -0.39 is 10.8 Å². The second-order valence-electron chi connectivity index (χ2n) is 5.83. The van der Waals surface area contributed by atoms with Crippen molar-refractivity contribution in [1.29, 1.82) is 0 Å². The Morgan fingerprint density at radius 1 is 1.23 bits per heavy atom. The Morgan fingerprint density at radius 3 is 2.85 bits per heavy atom. The largest absolute Gasteiger partial charge is 0.298 e. The van der Waals surface area contributed by atoms with Gasteiger partial charge >= 0.3 is 0 Å². The zero-order valence-electron chi connectivity index (χ0n) is 13.4. The van der Waals surface area contributed by atoms with Gasteiger partial charge in [-0.1, -0.05) is 35.9 Å². The Morgan fingerprint density at radius 2 is 2.04 bits per heavy atom. The lowest BCUT2D eigenvalue weighted by Crippen LogP contribution is -2.12. The molecule has 0 unspecified atom stereocenters. The molecule has 26 heavy (non-hydrogen) atoms. The van der Waals surface area contributed by atoms with Crippen molar-refractivity contribution in [2.75, 3.05) is 5.32 Å². The minimum Gasteiger partial charge on any atom is -0.298 e. The number of hydrogen-bond donors (Lipinski definition) is 1. The minimum atomic E-state index is -0.613. The highest BCUT2D eigenvalue weighted by Gasteiger charge is 2.22. The highest BCUT2D eigenvalue weighted by molar-refractivity contribution is 7.16. The summed E-state index contributed by atoms with van der Waals surface area (Å²) in [7, 11) is 0. The van der Waals surface area contributed by atoms with Crippen molar-refractivity contribution in [3.8, 4) is 11.3 Å². The van der Waals surface area contributed by atoms with Crippen molar-refractivity contribution < 1.29 is 9.72 Å². The van der Waals surface area contributed by atoms with Gasteiger partial charge in [-0.05, 0) is 30.5 Å². The third-order valence-electron chi connectivity index (χ3n) is 4.22. The number of carbonyl (C=O) groups is 1. The number of aryl methyl sites for hydroxylation is 2. The van der Waals surface area contributed by atoms with Crippen molar-refractivity contribution in [1.82, 2.24) is 4.98 Å². The SMILES string of the molecule is O=C(Nc1nc2c(s1)CCc1ccccc1-2)c1ccc(Cl)c([N+](=O)[O-])c1. The van der Waals surface area contributed by atoms with Gasteiger partial charge < -0.3 is 0 Å². The van der Waals surface area contributed by atoms with E-state index in [1.807, 2.05) is 18.2 Å². The van der Waals surface area contributed by atoms with Crippen LogP contribution in [0.5, 0.6) is 0 Å². The lowest BCUT2D eigenvalue weighted by atomic mass is 9.94. The van der Waals surface area contributed by atoms with Crippen LogP contribution in [0.1, 0.15) is 20.8 Å². The molecule has 2 aromatic carbocycles. The minimum absolute atomic E-state index is 0.00660. The number of nitro groups is 1. The lowest BCUT2D eigenvalue weighted by molar-refractivity contribution is -0.384. The monoisotopic (exact) mass is 385 g/mol. The van der Waals surface area contributed by atoms with Crippen LogP contribution in [0.3, 0.4) is 0 Å². The van der Waals surface area contributed by atoms with Gasteiger partial charge in [-0.2, -0.15) is 0 Å². The van der Waals surface area contributed by atoms with Gasteiger partial charge in [0.15, 0.2) is 5.13 Å². The number of halogens is 1. The number of anilines is 1. The number of nitro benzene ring substituents is 1. The van der Waals surface area contributed by atoms with Crippen molar-refractivity contribution in [3.05, 3.63) is 73.6 Å². The van der Waals surface area contributed by atoms with Crippen LogP contribution in [0.15, 0.2) is 42.5 Å². The summed E-state index contributed by atoms with van der Waals surface area (Å²) in [6, 6.07) is 12.1. The van der Waals surface area contributed by atoms with Crippen molar-refractivity contribution in [2.24, 2.45) is 0 Å². The van der Waals surface area contributed by atoms with Gasteiger partial charge in [-0.15, -0.1) is 11.3 Å². The van der Waals surface area contributed by atoms with Crippen LogP contribution in [-0.4, -0.2) is 15.8 Å². The number of fused-ring (bicyclic) bond motifs is 3. The first kappa shape index (κ1) is 16.7. The van der Waals surface area contributed by atoms with Gasteiger partial charge in [0.2, 0.25) is 0 Å². The highest BCUT2D eigenvalue weighted by atomic mass is 35.5. The van der Waals surface area contributed by atoms with Crippen LogP contribution in [-0.2, 0) is 12.8 Å². The fourth-order valence-electron chi connectivity index (χ4n) is 2.97. The molecule has 1 heterocycles. The van der Waals surface area contributed by atoms with Crippen molar-refractivity contribution in [3.63, 3.8) is 0 Å². The zero-order valence-corrected chi connectivity index (χ0v) is 14.9. The van der Waals surface area contributed by atoms with E-state index >= 15 is 0 Å². The maximum Gasteiger partial charge on any atom is 0.288 e. The van der Waals surface area contributed by atoms with Crippen LogP contribution in [0.4, 0.5) is 10.8 Å². The summed E-state index contributed by atoms with van der Waals surface area (Å²) in [5, 5.41) is 14.2. The molecule has 0 atom stereocenters. The number of hydrogen-bond acceptors (Lipinski definition) is 5.